The first-order chi connectivity index (χ1) is 9.49. The molecule has 4 nitrogen and oxygen atoms in total. The molecule has 1 aromatic rings. The van der Waals surface area contributed by atoms with Gasteiger partial charge in [0, 0.05) is 11.6 Å². The third-order valence-electron chi connectivity index (χ3n) is 3.09. The highest BCUT2D eigenvalue weighted by Crippen LogP contribution is 2.30. The fourth-order valence-electron chi connectivity index (χ4n) is 2.01. The van der Waals surface area contributed by atoms with Crippen molar-refractivity contribution in [1.29, 1.82) is 0 Å². The smallest absolute Gasteiger partial charge is 0.307 e. The lowest BCUT2D eigenvalue weighted by Gasteiger charge is -2.18. The largest absolute Gasteiger partial charge is 0.494 e. The molecule has 1 unspecified atom stereocenters. The molecule has 4 heteroatoms. The summed E-state index contributed by atoms with van der Waals surface area (Å²) in [5.74, 6) is 0.866. The van der Waals surface area contributed by atoms with E-state index in [1.54, 1.807) is 6.92 Å². The van der Waals surface area contributed by atoms with Crippen molar-refractivity contribution in [3.63, 3.8) is 0 Å². The van der Waals surface area contributed by atoms with Gasteiger partial charge < -0.3 is 15.2 Å². The van der Waals surface area contributed by atoms with E-state index in [0.29, 0.717) is 19.1 Å². The molecule has 0 radical (unpaired) electrons. The Labute approximate surface area is 121 Å². The Balaban J connectivity index is 2.98. The number of nitrogens with two attached hydrogens (primary N) is 1. The van der Waals surface area contributed by atoms with E-state index >= 15 is 0 Å². The zero-order valence-electron chi connectivity index (χ0n) is 12.8. The van der Waals surface area contributed by atoms with Crippen LogP contribution in [0, 0.1) is 0 Å². The highest BCUT2D eigenvalue weighted by Gasteiger charge is 2.18. The molecule has 0 saturated heterocycles. The van der Waals surface area contributed by atoms with E-state index in [1.807, 2.05) is 25.1 Å². The van der Waals surface area contributed by atoms with Gasteiger partial charge in [-0.2, -0.15) is 0 Å². The van der Waals surface area contributed by atoms with Crippen molar-refractivity contribution in [2.45, 2.75) is 46.1 Å². The summed E-state index contributed by atoms with van der Waals surface area (Å²) in [4.78, 5) is 11.6. The number of esters is 1. The SMILES string of the molecule is CCOC(=O)CC(N)c1cc(C(C)C)ccc1OCC. The molecule has 0 bridgehead atoms. The first kappa shape index (κ1) is 16.5. The number of carbonyl (C=O) groups is 1. The van der Waals surface area contributed by atoms with Crippen LogP contribution >= 0.6 is 0 Å². The molecule has 0 aromatic heterocycles. The van der Waals surface area contributed by atoms with Crippen LogP contribution in [0.25, 0.3) is 0 Å². The van der Waals surface area contributed by atoms with Crippen LogP contribution in [0.3, 0.4) is 0 Å². The van der Waals surface area contributed by atoms with Crippen molar-refractivity contribution in [3.05, 3.63) is 29.3 Å². The van der Waals surface area contributed by atoms with Crippen molar-refractivity contribution < 1.29 is 14.3 Å². The monoisotopic (exact) mass is 279 g/mol. The second-order valence-electron chi connectivity index (χ2n) is 5.00. The Morgan fingerprint density at radius 3 is 2.50 bits per heavy atom. The topological polar surface area (TPSA) is 61.5 Å². The van der Waals surface area contributed by atoms with E-state index in [1.165, 1.54) is 5.56 Å². The lowest BCUT2D eigenvalue weighted by molar-refractivity contribution is -0.143. The van der Waals surface area contributed by atoms with Gasteiger partial charge in [0.25, 0.3) is 0 Å². The van der Waals surface area contributed by atoms with Crippen LogP contribution in [0.15, 0.2) is 18.2 Å². The molecule has 0 heterocycles. The summed E-state index contributed by atoms with van der Waals surface area (Å²) >= 11 is 0. The highest BCUT2D eigenvalue weighted by atomic mass is 16.5. The molecule has 112 valence electrons. The van der Waals surface area contributed by atoms with Crippen LogP contribution in [0.2, 0.25) is 0 Å². The zero-order chi connectivity index (χ0) is 15.1. The van der Waals surface area contributed by atoms with Crippen molar-refractivity contribution in [2.24, 2.45) is 5.73 Å². The summed E-state index contributed by atoms with van der Waals surface area (Å²) in [6.07, 6.45) is 0.162. The summed E-state index contributed by atoms with van der Waals surface area (Å²) in [5, 5.41) is 0. The molecule has 0 aliphatic carbocycles. The molecule has 2 N–H and O–H groups in total. The van der Waals surface area contributed by atoms with Gasteiger partial charge in [-0.1, -0.05) is 26.0 Å². The number of benzene rings is 1. The van der Waals surface area contributed by atoms with Gasteiger partial charge in [0.1, 0.15) is 5.75 Å². The Morgan fingerprint density at radius 1 is 1.25 bits per heavy atom. The molecule has 20 heavy (non-hydrogen) atoms. The average molecular weight is 279 g/mol. The van der Waals surface area contributed by atoms with E-state index in [4.69, 9.17) is 15.2 Å². The van der Waals surface area contributed by atoms with Gasteiger partial charge in [0.2, 0.25) is 0 Å². The second-order valence-corrected chi connectivity index (χ2v) is 5.00. The van der Waals surface area contributed by atoms with Gasteiger partial charge in [0.15, 0.2) is 0 Å². The minimum atomic E-state index is -0.408. The van der Waals surface area contributed by atoms with Gasteiger partial charge >= 0.3 is 5.97 Å². The van der Waals surface area contributed by atoms with E-state index in [2.05, 4.69) is 13.8 Å². The number of rotatable bonds is 7. The lowest BCUT2D eigenvalue weighted by atomic mass is 9.96. The third-order valence-corrected chi connectivity index (χ3v) is 3.09. The second kappa shape index (κ2) is 7.90. The Morgan fingerprint density at radius 2 is 1.95 bits per heavy atom. The van der Waals surface area contributed by atoms with Crippen LogP contribution in [0.4, 0.5) is 0 Å². The van der Waals surface area contributed by atoms with E-state index in [-0.39, 0.29) is 12.4 Å². The summed E-state index contributed by atoms with van der Waals surface area (Å²) in [6, 6.07) is 5.59. The van der Waals surface area contributed by atoms with Crippen LogP contribution in [0.5, 0.6) is 5.75 Å². The Bertz CT molecular complexity index is 443. The van der Waals surface area contributed by atoms with Crippen LogP contribution in [-0.2, 0) is 9.53 Å². The standard InChI is InChI=1S/C16H25NO3/c1-5-19-15-8-7-12(11(3)4)9-13(15)14(17)10-16(18)20-6-2/h7-9,11,14H,5-6,10,17H2,1-4H3. The van der Waals surface area contributed by atoms with Crippen molar-refractivity contribution >= 4 is 5.97 Å². The van der Waals surface area contributed by atoms with Crippen molar-refractivity contribution in [1.82, 2.24) is 0 Å². The van der Waals surface area contributed by atoms with Crippen molar-refractivity contribution in [2.75, 3.05) is 13.2 Å². The molecule has 0 spiro atoms. The maximum absolute atomic E-state index is 11.6. The minimum absolute atomic E-state index is 0.162. The number of hydrogen-bond donors (Lipinski definition) is 1. The van der Waals surface area contributed by atoms with E-state index in [9.17, 15) is 4.79 Å². The number of hydrogen-bond acceptors (Lipinski definition) is 4. The van der Waals surface area contributed by atoms with Crippen LogP contribution < -0.4 is 10.5 Å². The predicted octanol–water partition coefficient (Wildman–Crippen LogP) is 3.16. The maximum atomic E-state index is 11.6. The molecule has 0 fully saturated rings. The molecule has 0 aliphatic heterocycles. The van der Waals surface area contributed by atoms with Gasteiger partial charge in [-0.3, -0.25) is 4.79 Å². The summed E-state index contributed by atoms with van der Waals surface area (Å²) in [7, 11) is 0. The minimum Gasteiger partial charge on any atom is -0.494 e. The average Bonchev–Trinajstić information content (AvgIpc) is 2.39. The quantitative estimate of drug-likeness (QED) is 0.779. The number of ether oxygens (including phenoxy) is 2. The molecule has 1 atom stereocenters. The fourth-order valence-corrected chi connectivity index (χ4v) is 2.01. The molecule has 0 aliphatic rings. The molecular formula is C16H25NO3. The first-order valence-electron chi connectivity index (χ1n) is 7.17. The Hall–Kier alpha value is -1.55. The molecule has 0 saturated carbocycles. The van der Waals surface area contributed by atoms with Gasteiger partial charge in [-0.25, -0.2) is 0 Å². The summed E-state index contributed by atoms with van der Waals surface area (Å²) in [6.45, 7) is 8.90. The lowest BCUT2D eigenvalue weighted by Crippen LogP contribution is -2.18. The van der Waals surface area contributed by atoms with Gasteiger partial charge in [0.05, 0.1) is 19.6 Å². The summed E-state index contributed by atoms with van der Waals surface area (Å²) in [5.41, 5.74) is 8.20. The number of carbonyl (C=O) groups excluding carboxylic acids is 1. The first-order valence-corrected chi connectivity index (χ1v) is 7.17. The van der Waals surface area contributed by atoms with Crippen LogP contribution in [-0.4, -0.2) is 19.2 Å². The maximum Gasteiger partial charge on any atom is 0.307 e. The van der Waals surface area contributed by atoms with E-state index in [0.717, 1.165) is 11.3 Å². The Kier molecular flexibility index (Phi) is 6.52. The van der Waals surface area contributed by atoms with Crippen molar-refractivity contribution in [3.8, 4) is 5.75 Å². The zero-order valence-corrected chi connectivity index (χ0v) is 12.8. The van der Waals surface area contributed by atoms with E-state index < -0.39 is 6.04 Å². The van der Waals surface area contributed by atoms with Gasteiger partial charge in [-0.05, 0) is 31.4 Å². The molecule has 0 amide bonds. The fraction of sp³-hybridized carbons (Fsp3) is 0.562. The predicted molar refractivity (Wildman–Crippen MR) is 79.9 cm³/mol. The normalized spacial score (nSPS) is 12.3. The highest BCUT2D eigenvalue weighted by molar-refractivity contribution is 5.70. The third kappa shape index (κ3) is 4.53. The van der Waals surface area contributed by atoms with Gasteiger partial charge in [-0.15, -0.1) is 0 Å². The van der Waals surface area contributed by atoms with Crippen LogP contribution in [0.1, 0.15) is 57.2 Å². The molecule has 1 rings (SSSR count). The molecular weight excluding hydrogens is 254 g/mol. The summed E-state index contributed by atoms with van der Waals surface area (Å²) < 4.78 is 10.6. The molecule has 1 aromatic carbocycles.